The highest BCUT2D eigenvalue weighted by Gasteiger charge is 2.21. The van der Waals surface area contributed by atoms with Crippen molar-refractivity contribution < 1.29 is 4.74 Å². The molecule has 1 nitrogen and oxygen atoms in total. The Morgan fingerprint density at radius 1 is 1.26 bits per heavy atom. The lowest BCUT2D eigenvalue weighted by atomic mass is 9.82. The van der Waals surface area contributed by atoms with Crippen LogP contribution < -0.4 is 4.74 Å². The van der Waals surface area contributed by atoms with Crippen molar-refractivity contribution >= 4 is 0 Å². The van der Waals surface area contributed by atoms with Gasteiger partial charge in [0.1, 0.15) is 5.75 Å². The van der Waals surface area contributed by atoms with Crippen LogP contribution in [0.25, 0.3) is 0 Å². The lowest BCUT2D eigenvalue weighted by molar-refractivity contribution is 0.329. The summed E-state index contributed by atoms with van der Waals surface area (Å²) in [5, 5.41) is 0. The van der Waals surface area contributed by atoms with E-state index in [0.717, 1.165) is 18.6 Å². The standard InChI is InChI=1S/C18H26O/c1-7-10-14(8-2)15-11-12-17(19-9-3)16(13-15)18(4,5)6/h1,11-14H,8-10H2,2-6H3. The zero-order valence-electron chi connectivity index (χ0n) is 12.9. The first-order valence-electron chi connectivity index (χ1n) is 7.14. The van der Waals surface area contributed by atoms with Crippen LogP contribution in [0.4, 0.5) is 0 Å². The van der Waals surface area contributed by atoms with Crippen LogP contribution in [0, 0.1) is 12.3 Å². The minimum Gasteiger partial charge on any atom is -0.494 e. The van der Waals surface area contributed by atoms with Gasteiger partial charge in [-0.15, -0.1) is 12.3 Å². The predicted octanol–water partition coefficient (Wildman–Crippen LogP) is 4.90. The third-order valence-electron chi connectivity index (χ3n) is 3.44. The zero-order valence-corrected chi connectivity index (χ0v) is 12.9. The third kappa shape index (κ3) is 4.03. The molecule has 1 rings (SSSR count). The fraction of sp³-hybridized carbons (Fsp3) is 0.556. The maximum Gasteiger partial charge on any atom is 0.123 e. The summed E-state index contributed by atoms with van der Waals surface area (Å²) in [7, 11) is 0. The van der Waals surface area contributed by atoms with E-state index in [2.05, 4.69) is 51.8 Å². The van der Waals surface area contributed by atoms with Crippen molar-refractivity contribution in [1.29, 1.82) is 0 Å². The Morgan fingerprint density at radius 2 is 1.95 bits per heavy atom. The number of hydrogen-bond acceptors (Lipinski definition) is 1. The van der Waals surface area contributed by atoms with E-state index in [9.17, 15) is 0 Å². The number of ether oxygens (including phenoxy) is 1. The van der Waals surface area contributed by atoms with Gasteiger partial charge in [-0.2, -0.15) is 0 Å². The van der Waals surface area contributed by atoms with Crippen LogP contribution in [0.15, 0.2) is 18.2 Å². The molecule has 19 heavy (non-hydrogen) atoms. The van der Waals surface area contributed by atoms with Gasteiger partial charge in [-0.3, -0.25) is 0 Å². The summed E-state index contributed by atoms with van der Waals surface area (Å²) in [5.74, 6) is 4.22. The summed E-state index contributed by atoms with van der Waals surface area (Å²) in [6.45, 7) is 11.6. The third-order valence-corrected chi connectivity index (χ3v) is 3.44. The Balaban J connectivity index is 3.21. The molecular formula is C18H26O. The van der Waals surface area contributed by atoms with Crippen LogP contribution in [0.5, 0.6) is 5.75 Å². The van der Waals surface area contributed by atoms with Crippen LogP contribution in [-0.4, -0.2) is 6.61 Å². The summed E-state index contributed by atoms with van der Waals surface area (Å²) in [5.41, 5.74) is 2.67. The Hall–Kier alpha value is -1.42. The molecule has 0 saturated heterocycles. The van der Waals surface area contributed by atoms with E-state index in [0.29, 0.717) is 12.5 Å². The van der Waals surface area contributed by atoms with Crippen LogP contribution in [0.2, 0.25) is 0 Å². The first kappa shape index (κ1) is 15.6. The second-order valence-electron chi connectivity index (χ2n) is 5.95. The quantitative estimate of drug-likeness (QED) is 0.683. The van der Waals surface area contributed by atoms with Crippen LogP contribution in [0.3, 0.4) is 0 Å². The molecule has 0 aliphatic heterocycles. The van der Waals surface area contributed by atoms with E-state index in [1.807, 2.05) is 6.92 Å². The summed E-state index contributed by atoms with van der Waals surface area (Å²) in [4.78, 5) is 0. The van der Waals surface area contributed by atoms with Gasteiger partial charge in [0.2, 0.25) is 0 Å². The van der Waals surface area contributed by atoms with Crippen LogP contribution >= 0.6 is 0 Å². The molecule has 1 heteroatoms. The molecule has 0 fully saturated rings. The molecule has 0 bridgehead atoms. The molecule has 0 aliphatic rings. The number of benzene rings is 1. The SMILES string of the molecule is C#CCC(CC)c1ccc(OCC)c(C(C)(C)C)c1. The van der Waals surface area contributed by atoms with Crippen molar-refractivity contribution in [2.45, 2.75) is 58.8 Å². The highest BCUT2D eigenvalue weighted by molar-refractivity contribution is 5.43. The lowest BCUT2D eigenvalue weighted by Crippen LogP contribution is -2.14. The fourth-order valence-corrected chi connectivity index (χ4v) is 2.31. The molecule has 0 radical (unpaired) electrons. The predicted molar refractivity (Wildman–Crippen MR) is 82.8 cm³/mol. The van der Waals surface area contributed by atoms with Crippen molar-refractivity contribution in [3.05, 3.63) is 29.3 Å². The minimum absolute atomic E-state index is 0.0783. The second kappa shape index (κ2) is 6.66. The molecule has 0 spiro atoms. The van der Waals surface area contributed by atoms with Crippen LogP contribution in [0.1, 0.15) is 64.5 Å². The summed E-state index contributed by atoms with van der Waals surface area (Å²) < 4.78 is 5.75. The van der Waals surface area contributed by atoms with Crippen molar-refractivity contribution in [1.82, 2.24) is 0 Å². The minimum atomic E-state index is 0.0783. The van der Waals surface area contributed by atoms with Gasteiger partial charge in [0.15, 0.2) is 0 Å². The molecule has 0 N–H and O–H groups in total. The van der Waals surface area contributed by atoms with Gasteiger partial charge in [0.05, 0.1) is 6.61 Å². The highest BCUT2D eigenvalue weighted by Crippen LogP contribution is 2.35. The number of rotatable bonds is 5. The van der Waals surface area contributed by atoms with Gasteiger partial charge in [-0.25, -0.2) is 0 Å². The Kier molecular flexibility index (Phi) is 5.48. The normalized spacial score (nSPS) is 12.8. The highest BCUT2D eigenvalue weighted by atomic mass is 16.5. The molecule has 0 aliphatic carbocycles. The molecule has 0 aromatic heterocycles. The van der Waals surface area contributed by atoms with E-state index in [1.54, 1.807) is 0 Å². The molecule has 104 valence electrons. The summed E-state index contributed by atoms with van der Waals surface area (Å²) in [6.07, 6.45) is 7.34. The van der Waals surface area contributed by atoms with Gasteiger partial charge in [0, 0.05) is 6.42 Å². The van der Waals surface area contributed by atoms with E-state index in [-0.39, 0.29) is 5.41 Å². The van der Waals surface area contributed by atoms with Gasteiger partial charge in [-0.1, -0.05) is 39.8 Å². The Labute approximate surface area is 118 Å². The topological polar surface area (TPSA) is 9.23 Å². The van der Waals surface area contributed by atoms with E-state index < -0.39 is 0 Å². The Bertz CT molecular complexity index is 446. The number of terminal acetylenes is 1. The molecule has 0 saturated carbocycles. The molecule has 1 aromatic rings. The second-order valence-corrected chi connectivity index (χ2v) is 5.95. The van der Waals surface area contributed by atoms with Crippen molar-refractivity contribution in [3.8, 4) is 18.1 Å². The maximum atomic E-state index is 5.75. The van der Waals surface area contributed by atoms with Crippen molar-refractivity contribution in [2.24, 2.45) is 0 Å². The monoisotopic (exact) mass is 258 g/mol. The van der Waals surface area contributed by atoms with Crippen molar-refractivity contribution in [3.63, 3.8) is 0 Å². The molecule has 1 aromatic carbocycles. The average molecular weight is 258 g/mol. The van der Waals surface area contributed by atoms with Crippen LogP contribution in [-0.2, 0) is 5.41 Å². The fourth-order valence-electron chi connectivity index (χ4n) is 2.31. The van der Waals surface area contributed by atoms with Gasteiger partial charge in [-0.05, 0) is 41.9 Å². The molecular weight excluding hydrogens is 232 g/mol. The lowest BCUT2D eigenvalue weighted by Gasteiger charge is -2.25. The molecule has 0 heterocycles. The molecule has 0 amide bonds. The summed E-state index contributed by atoms with van der Waals surface area (Å²) >= 11 is 0. The number of hydrogen-bond donors (Lipinski definition) is 0. The largest absolute Gasteiger partial charge is 0.494 e. The van der Waals surface area contributed by atoms with Gasteiger partial charge >= 0.3 is 0 Å². The van der Waals surface area contributed by atoms with E-state index >= 15 is 0 Å². The van der Waals surface area contributed by atoms with E-state index in [4.69, 9.17) is 11.2 Å². The maximum absolute atomic E-state index is 5.75. The Morgan fingerprint density at radius 3 is 2.42 bits per heavy atom. The average Bonchev–Trinajstić information content (AvgIpc) is 2.35. The zero-order chi connectivity index (χ0) is 14.5. The van der Waals surface area contributed by atoms with Gasteiger partial charge in [0.25, 0.3) is 0 Å². The first-order chi connectivity index (χ1) is 8.93. The van der Waals surface area contributed by atoms with Gasteiger partial charge < -0.3 is 4.74 Å². The van der Waals surface area contributed by atoms with Crippen molar-refractivity contribution in [2.75, 3.05) is 6.61 Å². The van der Waals surface area contributed by atoms with E-state index in [1.165, 1.54) is 11.1 Å². The molecule has 1 atom stereocenters. The molecule has 1 unspecified atom stereocenters. The first-order valence-corrected chi connectivity index (χ1v) is 7.14. The smallest absolute Gasteiger partial charge is 0.123 e. The summed E-state index contributed by atoms with van der Waals surface area (Å²) in [6, 6.07) is 6.53.